The second-order valence-corrected chi connectivity index (χ2v) is 11.4. The van der Waals surface area contributed by atoms with Crippen LogP contribution >= 0.6 is 0 Å². The van der Waals surface area contributed by atoms with Gasteiger partial charge in [0.2, 0.25) is 5.78 Å². The summed E-state index contributed by atoms with van der Waals surface area (Å²) in [5.41, 5.74) is 1.08. The van der Waals surface area contributed by atoms with E-state index in [0.29, 0.717) is 17.7 Å². The minimum atomic E-state index is -0.855. The third kappa shape index (κ3) is 6.60. The van der Waals surface area contributed by atoms with Crippen molar-refractivity contribution in [3.63, 3.8) is 0 Å². The average molecular weight is 585 g/mol. The van der Waals surface area contributed by atoms with E-state index in [2.05, 4.69) is 20.2 Å². The number of Topliss-reactive ketones (excluding diaryl/α,β-unsaturated/α-hetero) is 1. The van der Waals surface area contributed by atoms with Crippen molar-refractivity contribution in [2.75, 3.05) is 51.9 Å². The van der Waals surface area contributed by atoms with E-state index >= 15 is 0 Å². The summed E-state index contributed by atoms with van der Waals surface area (Å²) in [6, 6.07) is 14.1. The predicted molar refractivity (Wildman–Crippen MR) is 163 cm³/mol. The minimum absolute atomic E-state index is 0.136. The summed E-state index contributed by atoms with van der Waals surface area (Å²) in [6.07, 6.45) is 3.04. The van der Waals surface area contributed by atoms with Gasteiger partial charge < -0.3 is 24.5 Å². The van der Waals surface area contributed by atoms with E-state index < -0.39 is 17.5 Å². The summed E-state index contributed by atoms with van der Waals surface area (Å²) in [7, 11) is 1.41. The van der Waals surface area contributed by atoms with Gasteiger partial charge in [0.05, 0.1) is 31.6 Å². The number of nitrogens with one attached hydrogen (secondary N) is 2. The largest absolute Gasteiger partial charge is 0.494 e. The molecule has 0 saturated carbocycles. The highest BCUT2D eigenvalue weighted by atomic mass is 16.5. The van der Waals surface area contributed by atoms with Crippen molar-refractivity contribution in [1.29, 1.82) is 0 Å². The summed E-state index contributed by atoms with van der Waals surface area (Å²) in [5, 5.41) is 4.06. The summed E-state index contributed by atoms with van der Waals surface area (Å²) in [4.78, 5) is 49.6. The number of imidazole rings is 1. The quantitative estimate of drug-likeness (QED) is 0.204. The lowest BCUT2D eigenvalue weighted by Crippen LogP contribution is -2.38. The topological polar surface area (TPSA) is 123 Å². The lowest BCUT2D eigenvalue weighted by atomic mass is 9.85. The molecule has 0 aliphatic carbocycles. The number of anilines is 1. The van der Waals surface area contributed by atoms with Crippen LogP contribution in [0.25, 0.3) is 10.8 Å². The molecule has 0 spiro atoms. The van der Waals surface area contributed by atoms with Crippen LogP contribution in [0.3, 0.4) is 0 Å². The number of nitrogens with zero attached hydrogens (tertiary/aromatic N) is 2. The molecule has 3 aromatic carbocycles. The third-order valence-electron chi connectivity index (χ3n) is 7.47. The maximum absolute atomic E-state index is 13.6. The molecule has 1 aromatic heterocycles. The number of hydrogen-bond acceptors (Lipinski definition) is 8. The fourth-order valence-electron chi connectivity index (χ4n) is 5.07. The molecule has 1 fully saturated rings. The monoisotopic (exact) mass is 584 g/mol. The molecule has 43 heavy (non-hydrogen) atoms. The van der Waals surface area contributed by atoms with Crippen molar-refractivity contribution >= 4 is 33.9 Å². The Labute approximate surface area is 250 Å². The first-order valence-electron chi connectivity index (χ1n) is 14.2. The van der Waals surface area contributed by atoms with Gasteiger partial charge in [-0.1, -0.05) is 45.0 Å². The number of methoxy groups -OCH3 is 1. The minimum Gasteiger partial charge on any atom is -0.494 e. The van der Waals surface area contributed by atoms with Crippen LogP contribution in [0, 0.1) is 0 Å². The number of H-pyrrole nitrogens is 1. The lowest BCUT2D eigenvalue weighted by molar-refractivity contribution is -0.112. The maximum atomic E-state index is 13.6. The lowest BCUT2D eigenvalue weighted by Gasteiger charge is -2.26. The Hall–Kier alpha value is -4.54. The van der Waals surface area contributed by atoms with Crippen LogP contribution in [-0.2, 0) is 14.9 Å². The smallest absolute Gasteiger partial charge is 0.296 e. The van der Waals surface area contributed by atoms with Gasteiger partial charge in [0, 0.05) is 43.0 Å². The number of amides is 1. The molecule has 1 aliphatic rings. The predicted octanol–water partition coefficient (Wildman–Crippen LogP) is 4.63. The van der Waals surface area contributed by atoms with Gasteiger partial charge in [0.15, 0.2) is 11.6 Å². The van der Waals surface area contributed by atoms with Gasteiger partial charge in [-0.05, 0) is 40.6 Å². The third-order valence-corrected chi connectivity index (χ3v) is 7.47. The number of fused-ring (bicyclic) bond motifs is 1. The van der Waals surface area contributed by atoms with Crippen LogP contribution in [0.15, 0.2) is 60.9 Å². The van der Waals surface area contributed by atoms with E-state index in [1.807, 2.05) is 39.0 Å². The van der Waals surface area contributed by atoms with Crippen LogP contribution in [0.1, 0.15) is 52.9 Å². The molecule has 0 bridgehead atoms. The van der Waals surface area contributed by atoms with Crippen molar-refractivity contribution in [2.45, 2.75) is 26.2 Å². The van der Waals surface area contributed by atoms with Crippen LogP contribution < -0.4 is 14.8 Å². The Morgan fingerprint density at radius 1 is 1.02 bits per heavy atom. The Morgan fingerprint density at radius 2 is 1.77 bits per heavy atom. The summed E-state index contributed by atoms with van der Waals surface area (Å²) in [6.45, 7) is 10.4. The Balaban J connectivity index is 1.42. The number of aromatic amines is 1. The number of morpholine rings is 1. The molecule has 4 aromatic rings. The molecule has 1 aliphatic heterocycles. The highest BCUT2D eigenvalue weighted by molar-refractivity contribution is 6.48. The molecule has 2 heterocycles. The zero-order chi connectivity index (χ0) is 30.6. The first kappa shape index (κ1) is 29.9. The van der Waals surface area contributed by atoms with Gasteiger partial charge in [-0.25, -0.2) is 4.98 Å². The van der Waals surface area contributed by atoms with Gasteiger partial charge in [0.1, 0.15) is 12.4 Å². The van der Waals surface area contributed by atoms with Crippen LogP contribution in [0.2, 0.25) is 0 Å². The Bertz CT molecular complexity index is 1640. The summed E-state index contributed by atoms with van der Waals surface area (Å²) >= 11 is 0. The summed E-state index contributed by atoms with van der Waals surface area (Å²) < 4.78 is 17.1. The molecule has 224 valence electrons. The number of ether oxygens (including phenoxy) is 3. The highest BCUT2D eigenvalue weighted by Crippen LogP contribution is 2.37. The van der Waals surface area contributed by atoms with E-state index in [4.69, 9.17) is 14.2 Å². The molecule has 10 nitrogen and oxygen atoms in total. The molecule has 5 rings (SSSR count). The van der Waals surface area contributed by atoms with Crippen molar-refractivity contribution < 1.29 is 28.6 Å². The van der Waals surface area contributed by atoms with E-state index in [1.165, 1.54) is 13.3 Å². The van der Waals surface area contributed by atoms with Gasteiger partial charge >= 0.3 is 0 Å². The average Bonchev–Trinajstić information content (AvgIpc) is 3.55. The van der Waals surface area contributed by atoms with Gasteiger partial charge in [0.25, 0.3) is 11.7 Å². The van der Waals surface area contributed by atoms with Gasteiger partial charge in [-0.3, -0.25) is 19.3 Å². The molecular formula is C33H36N4O6. The number of ketones is 2. The first-order valence-corrected chi connectivity index (χ1v) is 14.2. The number of benzene rings is 3. The molecule has 0 atom stereocenters. The molecule has 10 heteroatoms. The van der Waals surface area contributed by atoms with Crippen LogP contribution in [-0.4, -0.2) is 78.9 Å². The molecular weight excluding hydrogens is 548 g/mol. The zero-order valence-electron chi connectivity index (χ0n) is 24.9. The zero-order valence-corrected chi connectivity index (χ0v) is 24.9. The normalized spacial score (nSPS) is 14.0. The summed E-state index contributed by atoms with van der Waals surface area (Å²) in [5.74, 6) is -1.06. The molecule has 1 saturated heterocycles. The highest BCUT2D eigenvalue weighted by Gasteiger charge is 2.27. The first-order chi connectivity index (χ1) is 20.7. The van der Waals surface area contributed by atoms with E-state index in [9.17, 15) is 14.4 Å². The second kappa shape index (κ2) is 12.8. The van der Waals surface area contributed by atoms with Crippen LogP contribution in [0.5, 0.6) is 11.5 Å². The molecule has 0 unspecified atom stereocenters. The Morgan fingerprint density at radius 3 is 2.44 bits per heavy atom. The maximum Gasteiger partial charge on any atom is 0.296 e. The molecule has 0 radical (unpaired) electrons. The van der Waals surface area contributed by atoms with Crippen molar-refractivity contribution in [2.24, 2.45) is 0 Å². The Kier molecular flexibility index (Phi) is 8.89. The van der Waals surface area contributed by atoms with Crippen molar-refractivity contribution in [1.82, 2.24) is 14.9 Å². The second-order valence-electron chi connectivity index (χ2n) is 11.4. The van der Waals surface area contributed by atoms with Crippen molar-refractivity contribution in [3.8, 4) is 11.5 Å². The number of hydrogen-bond donors (Lipinski definition) is 2. The molecule has 2 N–H and O–H groups in total. The number of aromatic nitrogens is 2. The fourth-order valence-corrected chi connectivity index (χ4v) is 5.07. The molecule has 1 amide bonds. The fraction of sp³-hybridized carbons (Fsp3) is 0.333. The van der Waals surface area contributed by atoms with Crippen LogP contribution in [0.4, 0.5) is 5.69 Å². The van der Waals surface area contributed by atoms with E-state index in [0.717, 1.165) is 43.8 Å². The van der Waals surface area contributed by atoms with Crippen molar-refractivity contribution in [3.05, 3.63) is 83.4 Å². The SMILES string of the molecule is COc1c(NC(=O)C(=O)c2ccc(OCCN3CCOCC3)c3ccccc23)cc(C(C)(C)C)cc1C(=O)c1ncc[nH]1. The van der Waals surface area contributed by atoms with Gasteiger partial charge in [-0.2, -0.15) is 0 Å². The van der Waals surface area contributed by atoms with Gasteiger partial charge in [-0.15, -0.1) is 0 Å². The number of carbonyl (C=O) groups excluding carboxylic acids is 3. The van der Waals surface area contributed by atoms with E-state index in [-0.39, 0.29) is 33.8 Å². The standard InChI is InChI=1S/C33H36N4O6/c1-33(2,3)21-19-25(28(38)31-34-11-12-35-31)30(41-4)26(20-21)36-32(40)29(39)24-9-10-27(23-8-6-5-7-22(23)24)43-18-15-37-13-16-42-17-14-37/h5-12,19-20H,13-18H2,1-4H3,(H,34,35)(H,36,40). The number of rotatable bonds is 10. The van der Waals surface area contributed by atoms with E-state index in [1.54, 1.807) is 36.5 Å². The number of carbonyl (C=O) groups is 3.